The summed E-state index contributed by atoms with van der Waals surface area (Å²) in [6.45, 7) is 1.01. The molecule has 0 unspecified atom stereocenters. The van der Waals surface area contributed by atoms with Crippen LogP contribution in [0.25, 0.3) is 11.0 Å². The summed E-state index contributed by atoms with van der Waals surface area (Å²) >= 11 is 0. The van der Waals surface area contributed by atoms with Gasteiger partial charge in [-0.2, -0.15) is 0 Å². The van der Waals surface area contributed by atoms with E-state index in [-0.39, 0.29) is 17.9 Å². The third kappa shape index (κ3) is 4.41. The number of nitrogens with zero attached hydrogens (tertiary/aromatic N) is 2. The summed E-state index contributed by atoms with van der Waals surface area (Å²) in [5.41, 5.74) is 0.0775. The van der Waals surface area contributed by atoms with Gasteiger partial charge in [0.15, 0.2) is 0 Å². The molecule has 5 nitrogen and oxygen atoms in total. The maximum absolute atomic E-state index is 14.1. The van der Waals surface area contributed by atoms with Gasteiger partial charge in [-0.1, -0.05) is 36.4 Å². The molecule has 0 aliphatic rings. The Bertz CT molecular complexity index is 1010. The molecule has 6 heteroatoms. The maximum Gasteiger partial charge on any atom is 0.349 e. The fourth-order valence-electron chi connectivity index (χ4n) is 2.79. The van der Waals surface area contributed by atoms with Crippen molar-refractivity contribution in [3.8, 4) is 0 Å². The van der Waals surface area contributed by atoms with Gasteiger partial charge in [-0.3, -0.25) is 4.79 Å². The minimum atomic E-state index is -0.693. The van der Waals surface area contributed by atoms with Crippen molar-refractivity contribution in [3.05, 3.63) is 82.0 Å². The zero-order valence-electron chi connectivity index (χ0n) is 15.3. The largest absolute Gasteiger partial charge is 0.422 e. The summed E-state index contributed by atoms with van der Waals surface area (Å²) in [4.78, 5) is 28.8. The molecule has 140 valence electrons. The summed E-state index contributed by atoms with van der Waals surface area (Å²) in [6, 6.07) is 14.9. The van der Waals surface area contributed by atoms with Crippen LogP contribution in [0.4, 0.5) is 4.39 Å². The first-order chi connectivity index (χ1) is 13.0. The highest BCUT2D eigenvalue weighted by atomic mass is 19.1. The number of likely N-dealkylation sites (N-methyl/N-ethyl adjacent to an activating group) is 1. The molecule has 0 radical (unpaired) electrons. The summed E-state index contributed by atoms with van der Waals surface area (Å²) in [6.07, 6.45) is 0. The maximum atomic E-state index is 14.1. The summed E-state index contributed by atoms with van der Waals surface area (Å²) in [7, 11) is 3.77. The standard InChI is InChI=1S/C21H21FN2O3/c1-23(2)11-12-24(14-16-8-3-5-9-18(16)22)20(25)17-13-15-7-4-6-10-19(15)27-21(17)26/h3-10,13H,11-12,14H2,1-2H3. The lowest BCUT2D eigenvalue weighted by molar-refractivity contribution is 0.0726. The average Bonchev–Trinajstić information content (AvgIpc) is 2.65. The highest BCUT2D eigenvalue weighted by Gasteiger charge is 2.22. The Morgan fingerprint density at radius 2 is 1.74 bits per heavy atom. The minimum Gasteiger partial charge on any atom is -0.422 e. The van der Waals surface area contributed by atoms with E-state index in [4.69, 9.17) is 4.42 Å². The van der Waals surface area contributed by atoms with Crippen LogP contribution < -0.4 is 5.63 Å². The molecule has 1 heterocycles. The van der Waals surface area contributed by atoms with Crippen molar-refractivity contribution in [3.63, 3.8) is 0 Å². The van der Waals surface area contributed by atoms with Gasteiger partial charge in [-0.15, -0.1) is 0 Å². The van der Waals surface area contributed by atoms with Crippen LogP contribution in [0.5, 0.6) is 0 Å². The monoisotopic (exact) mass is 368 g/mol. The van der Waals surface area contributed by atoms with Gasteiger partial charge >= 0.3 is 5.63 Å². The molecule has 1 amide bonds. The number of hydrogen-bond donors (Lipinski definition) is 0. The summed E-state index contributed by atoms with van der Waals surface area (Å²) in [5, 5.41) is 0.666. The van der Waals surface area contributed by atoms with Crippen LogP contribution in [0.2, 0.25) is 0 Å². The Kier molecular flexibility index (Phi) is 5.66. The molecule has 3 rings (SSSR count). The molecular formula is C21H21FN2O3. The molecule has 0 saturated heterocycles. The van der Waals surface area contributed by atoms with E-state index in [0.29, 0.717) is 29.6 Å². The third-order valence-electron chi connectivity index (χ3n) is 4.30. The van der Waals surface area contributed by atoms with E-state index in [1.54, 1.807) is 42.5 Å². The molecular weight excluding hydrogens is 347 g/mol. The second-order valence-corrected chi connectivity index (χ2v) is 6.61. The van der Waals surface area contributed by atoms with E-state index >= 15 is 0 Å². The molecule has 0 saturated carbocycles. The summed E-state index contributed by atoms with van der Waals surface area (Å²) < 4.78 is 19.3. The molecule has 3 aromatic rings. The van der Waals surface area contributed by atoms with Gasteiger partial charge < -0.3 is 14.2 Å². The molecule has 2 aromatic carbocycles. The van der Waals surface area contributed by atoms with Gasteiger partial charge in [0, 0.05) is 30.6 Å². The lowest BCUT2D eigenvalue weighted by Gasteiger charge is -2.24. The highest BCUT2D eigenvalue weighted by molar-refractivity contribution is 5.96. The van der Waals surface area contributed by atoms with Crippen LogP contribution >= 0.6 is 0 Å². The number of amides is 1. The topological polar surface area (TPSA) is 53.8 Å². The average molecular weight is 368 g/mol. The Balaban J connectivity index is 1.96. The molecule has 0 aliphatic heterocycles. The van der Waals surface area contributed by atoms with Crippen LogP contribution in [0.3, 0.4) is 0 Å². The van der Waals surface area contributed by atoms with Crippen LogP contribution in [-0.2, 0) is 6.54 Å². The fourth-order valence-corrected chi connectivity index (χ4v) is 2.79. The number of rotatable bonds is 6. The van der Waals surface area contributed by atoms with Crippen molar-refractivity contribution in [2.24, 2.45) is 0 Å². The molecule has 27 heavy (non-hydrogen) atoms. The van der Waals surface area contributed by atoms with E-state index in [9.17, 15) is 14.0 Å². The number of hydrogen-bond acceptors (Lipinski definition) is 4. The van der Waals surface area contributed by atoms with Crippen LogP contribution in [0.15, 0.2) is 63.8 Å². The predicted molar refractivity (Wildman–Crippen MR) is 102 cm³/mol. The van der Waals surface area contributed by atoms with Gasteiger partial charge in [0.25, 0.3) is 5.91 Å². The van der Waals surface area contributed by atoms with Crippen LogP contribution in [0.1, 0.15) is 15.9 Å². The van der Waals surface area contributed by atoms with Gasteiger partial charge in [-0.25, -0.2) is 9.18 Å². The third-order valence-corrected chi connectivity index (χ3v) is 4.30. The number of fused-ring (bicyclic) bond motifs is 1. The Hall–Kier alpha value is -2.99. The first-order valence-electron chi connectivity index (χ1n) is 8.66. The number of benzene rings is 2. The van der Waals surface area contributed by atoms with Crippen LogP contribution in [-0.4, -0.2) is 42.9 Å². The summed E-state index contributed by atoms with van der Waals surface area (Å²) in [5.74, 6) is -0.856. The van der Waals surface area contributed by atoms with E-state index in [2.05, 4.69) is 0 Å². The Labute approximate surface area is 156 Å². The lowest BCUT2D eigenvalue weighted by atomic mass is 10.1. The van der Waals surface area contributed by atoms with Crippen molar-refractivity contribution in [2.75, 3.05) is 27.2 Å². The lowest BCUT2D eigenvalue weighted by Crippen LogP contribution is -2.38. The predicted octanol–water partition coefficient (Wildman–Crippen LogP) is 3.14. The Morgan fingerprint density at radius 3 is 2.48 bits per heavy atom. The zero-order chi connectivity index (χ0) is 19.4. The fraction of sp³-hybridized carbons (Fsp3) is 0.238. The second-order valence-electron chi connectivity index (χ2n) is 6.61. The first kappa shape index (κ1) is 18.8. The van der Waals surface area contributed by atoms with Crippen molar-refractivity contribution in [1.82, 2.24) is 9.80 Å². The zero-order valence-corrected chi connectivity index (χ0v) is 15.3. The highest BCUT2D eigenvalue weighted by Crippen LogP contribution is 2.16. The van der Waals surface area contributed by atoms with Gasteiger partial charge in [-0.05, 0) is 32.3 Å². The van der Waals surface area contributed by atoms with E-state index in [0.717, 1.165) is 0 Å². The van der Waals surface area contributed by atoms with Crippen molar-refractivity contribution >= 4 is 16.9 Å². The quantitative estimate of drug-likeness (QED) is 0.628. The molecule has 0 spiro atoms. The van der Waals surface area contributed by atoms with E-state index < -0.39 is 11.5 Å². The molecule has 0 N–H and O–H groups in total. The minimum absolute atomic E-state index is 0.0520. The number of carbonyl (C=O) groups is 1. The molecule has 0 fully saturated rings. The Morgan fingerprint density at radius 1 is 1.04 bits per heavy atom. The smallest absolute Gasteiger partial charge is 0.349 e. The van der Waals surface area contributed by atoms with Gasteiger partial charge in [0.2, 0.25) is 0 Å². The number of halogens is 1. The van der Waals surface area contributed by atoms with Gasteiger partial charge in [0.1, 0.15) is 17.0 Å². The van der Waals surface area contributed by atoms with Crippen LogP contribution in [0, 0.1) is 5.82 Å². The second kappa shape index (κ2) is 8.14. The van der Waals surface area contributed by atoms with Gasteiger partial charge in [0.05, 0.1) is 0 Å². The number of carbonyl (C=O) groups excluding carboxylic acids is 1. The number of para-hydroxylation sites is 1. The van der Waals surface area contributed by atoms with E-state index in [1.807, 2.05) is 19.0 Å². The molecule has 1 aromatic heterocycles. The molecule has 0 atom stereocenters. The van der Waals surface area contributed by atoms with Crippen molar-refractivity contribution in [2.45, 2.75) is 6.54 Å². The van der Waals surface area contributed by atoms with Crippen molar-refractivity contribution < 1.29 is 13.6 Å². The molecule has 0 aliphatic carbocycles. The van der Waals surface area contributed by atoms with Crippen molar-refractivity contribution in [1.29, 1.82) is 0 Å². The molecule has 0 bridgehead atoms. The SMILES string of the molecule is CN(C)CCN(Cc1ccccc1F)C(=O)c1cc2ccccc2oc1=O. The first-order valence-corrected chi connectivity index (χ1v) is 8.66. The normalized spacial score (nSPS) is 11.1. The van der Waals surface area contributed by atoms with E-state index in [1.165, 1.54) is 17.0 Å².